The molecule has 0 spiro atoms. The molecule has 0 heterocycles. The van der Waals surface area contributed by atoms with Crippen LogP contribution in [-0.4, -0.2) is 8.07 Å². The van der Waals surface area contributed by atoms with Gasteiger partial charge >= 0.3 is 0 Å². The monoisotopic (exact) mass is 242 g/mol. The summed E-state index contributed by atoms with van der Waals surface area (Å²) in [5, 5.41) is 0. The summed E-state index contributed by atoms with van der Waals surface area (Å²) in [6.45, 7) is 7.25. The topological polar surface area (TPSA) is 0 Å². The molecular formula is C9H16SiZr. The van der Waals surface area contributed by atoms with E-state index in [1.807, 2.05) is 0 Å². The molecule has 1 rings (SSSR count). The summed E-state index contributed by atoms with van der Waals surface area (Å²) in [7, 11) is -0.842. The van der Waals surface area contributed by atoms with Gasteiger partial charge < -0.3 is 0 Å². The zero-order valence-electron chi connectivity index (χ0n) is 7.65. The molecule has 0 saturated heterocycles. The van der Waals surface area contributed by atoms with E-state index in [1.165, 1.54) is 12.5 Å². The number of hydrogen-bond acceptors (Lipinski definition) is 0. The third kappa shape index (κ3) is 4.92. The Balaban J connectivity index is 0.000001000. The molecule has 0 N–H and O–H groups in total. The first-order valence-electron chi connectivity index (χ1n) is 3.93. The number of rotatable bonds is 2. The van der Waals surface area contributed by atoms with Gasteiger partial charge in [0.15, 0.2) is 0 Å². The largest absolute Gasteiger partial charge is 0.0805 e. The van der Waals surface area contributed by atoms with E-state index in [-0.39, 0.29) is 26.2 Å². The Morgan fingerprint density at radius 1 is 1.36 bits per heavy atom. The smallest absolute Gasteiger partial charge is 0.0486 e. The third-order valence-electron chi connectivity index (χ3n) is 1.58. The molecule has 0 fully saturated rings. The average molecular weight is 244 g/mol. The molecule has 0 aromatic carbocycles. The van der Waals surface area contributed by atoms with Crippen LogP contribution in [0.1, 0.15) is 6.42 Å². The van der Waals surface area contributed by atoms with Crippen LogP contribution in [0.25, 0.3) is 0 Å². The zero-order chi connectivity index (χ0) is 7.61. The van der Waals surface area contributed by atoms with Gasteiger partial charge in [0.2, 0.25) is 0 Å². The second-order valence-electron chi connectivity index (χ2n) is 4.15. The van der Waals surface area contributed by atoms with E-state index >= 15 is 0 Å². The molecule has 2 heteroatoms. The van der Waals surface area contributed by atoms with Crippen LogP contribution in [-0.2, 0) is 26.2 Å². The summed E-state index contributed by atoms with van der Waals surface area (Å²) in [5.74, 6) is 0. The Bertz CT molecular complexity index is 174. The van der Waals surface area contributed by atoms with Gasteiger partial charge in [-0.1, -0.05) is 43.4 Å². The van der Waals surface area contributed by atoms with Crippen LogP contribution in [0.15, 0.2) is 23.8 Å². The van der Waals surface area contributed by atoms with Crippen molar-refractivity contribution in [2.24, 2.45) is 0 Å². The van der Waals surface area contributed by atoms with Crippen molar-refractivity contribution in [2.45, 2.75) is 32.1 Å². The van der Waals surface area contributed by atoms with Crippen LogP contribution >= 0.6 is 0 Å². The molecule has 0 aromatic heterocycles. The predicted molar refractivity (Wildman–Crippen MR) is 50.0 cm³/mol. The normalized spacial score (nSPS) is 16.1. The Hall–Kier alpha value is 0.580. The molecular weight excluding hydrogens is 227 g/mol. The molecule has 11 heavy (non-hydrogen) atoms. The van der Waals surface area contributed by atoms with Crippen LogP contribution in [0.2, 0.25) is 25.7 Å². The Labute approximate surface area is 89.9 Å². The van der Waals surface area contributed by atoms with E-state index in [1.54, 1.807) is 5.57 Å². The van der Waals surface area contributed by atoms with Crippen molar-refractivity contribution in [1.82, 2.24) is 0 Å². The fourth-order valence-electron chi connectivity index (χ4n) is 1.25. The minimum Gasteiger partial charge on any atom is -0.0805 e. The van der Waals surface area contributed by atoms with E-state index in [0.717, 1.165) is 0 Å². The Kier molecular flexibility index (Phi) is 4.81. The summed E-state index contributed by atoms with van der Waals surface area (Å²) in [6.07, 6.45) is 8.03. The summed E-state index contributed by atoms with van der Waals surface area (Å²) in [4.78, 5) is 0. The first-order valence-corrected chi connectivity index (χ1v) is 7.64. The van der Waals surface area contributed by atoms with Gasteiger partial charge in [-0.05, 0) is 12.5 Å². The first kappa shape index (κ1) is 11.6. The average Bonchev–Trinajstić information content (AvgIpc) is 2.12. The van der Waals surface area contributed by atoms with Crippen molar-refractivity contribution >= 4 is 8.07 Å². The number of hydrogen-bond donors (Lipinski definition) is 0. The number of allylic oxidation sites excluding steroid dienone is 4. The molecule has 0 aliphatic heterocycles. The summed E-state index contributed by atoms with van der Waals surface area (Å²) >= 11 is 0. The van der Waals surface area contributed by atoms with Crippen molar-refractivity contribution in [1.29, 1.82) is 0 Å². The molecule has 60 valence electrons. The van der Waals surface area contributed by atoms with E-state index in [2.05, 4.69) is 37.9 Å². The van der Waals surface area contributed by atoms with Gasteiger partial charge in [0.1, 0.15) is 0 Å². The maximum absolute atomic E-state index is 2.42. The maximum atomic E-state index is 2.42. The van der Waals surface area contributed by atoms with Crippen LogP contribution in [0, 0.1) is 0 Å². The molecule has 0 atom stereocenters. The van der Waals surface area contributed by atoms with Gasteiger partial charge in [-0.25, -0.2) is 0 Å². The minimum absolute atomic E-state index is 0. The van der Waals surface area contributed by atoms with Gasteiger partial charge in [0.05, 0.1) is 0 Å². The van der Waals surface area contributed by atoms with Crippen molar-refractivity contribution in [3.05, 3.63) is 23.8 Å². The first-order chi connectivity index (χ1) is 4.58. The van der Waals surface area contributed by atoms with Crippen LogP contribution in [0.4, 0.5) is 0 Å². The maximum Gasteiger partial charge on any atom is 0.0486 e. The van der Waals surface area contributed by atoms with Crippen molar-refractivity contribution in [2.75, 3.05) is 0 Å². The molecule has 0 unspecified atom stereocenters. The van der Waals surface area contributed by atoms with Gasteiger partial charge in [-0.15, -0.1) is 0 Å². The van der Waals surface area contributed by atoms with E-state index in [0.29, 0.717) is 0 Å². The molecule has 0 aromatic rings. The molecule has 0 bridgehead atoms. The van der Waals surface area contributed by atoms with Gasteiger partial charge in [-0.2, -0.15) is 0 Å². The molecule has 0 saturated carbocycles. The summed E-state index contributed by atoms with van der Waals surface area (Å²) in [6, 6.07) is 1.35. The predicted octanol–water partition coefficient (Wildman–Crippen LogP) is 3.21. The standard InChI is InChI=1S/C9H16Si.Zr/c1-10(2,3)8-9-6-4-5-7-9;/h4,6-7H,5,8H2,1-3H3;. The van der Waals surface area contributed by atoms with Crippen molar-refractivity contribution in [3.8, 4) is 0 Å². The fraction of sp³-hybridized carbons (Fsp3) is 0.556. The van der Waals surface area contributed by atoms with E-state index in [4.69, 9.17) is 0 Å². The molecule has 1 aliphatic rings. The van der Waals surface area contributed by atoms with Crippen LogP contribution in [0.5, 0.6) is 0 Å². The quantitative estimate of drug-likeness (QED) is 0.654. The zero-order valence-corrected chi connectivity index (χ0v) is 11.1. The Morgan fingerprint density at radius 3 is 2.36 bits per heavy atom. The van der Waals surface area contributed by atoms with Gasteiger partial charge in [-0.3, -0.25) is 0 Å². The molecule has 0 nitrogen and oxygen atoms in total. The summed E-state index contributed by atoms with van der Waals surface area (Å²) < 4.78 is 0. The second kappa shape index (κ2) is 4.57. The molecule has 0 radical (unpaired) electrons. The van der Waals surface area contributed by atoms with Crippen molar-refractivity contribution < 1.29 is 26.2 Å². The fourth-order valence-corrected chi connectivity index (χ4v) is 2.74. The van der Waals surface area contributed by atoms with Gasteiger partial charge in [0, 0.05) is 34.3 Å². The van der Waals surface area contributed by atoms with E-state index in [9.17, 15) is 0 Å². The Morgan fingerprint density at radius 2 is 2.00 bits per heavy atom. The van der Waals surface area contributed by atoms with E-state index < -0.39 is 8.07 Å². The SMILES string of the molecule is C[Si](C)(C)CC1=CCC=C1.[Zr]. The van der Waals surface area contributed by atoms with Crippen molar-refractivity contribution in [3.63, 3.8) is 0 Å². The van der Waals surface area contributed by atoms with Gasteiger partial charge in [0.25, 0.3) is 0 Å². The third-order valence-corrected chi connectivity index (χ3v) is 3.05. The summed E-state index contributed by atoms with van der Waals surface area (Å²) in [5.41, 5.74) is 1.57. The van der Waals surface area contributed by atoms with Crippen LogP contribution < -0.4 is 0 Å². The molecule has 0 amide bonds. The second-order valence-corrected chi connectivity index (χ2v) is 9.63. The minimum atomic E-state index is -0.842. The molecule has 1 aliphatic carbocycles. The van der Waals surface area contributed by atoms with Crippen LogP contribution in [0.3, 0.4) is 0 Å².